The number of rotatable bonds is 6. The van der Waals surface area contributed by atoms with Gasteiger partial charge >= 0.3 is 0 Å². The van der Waals surface area contributed by atoms with Gasteiger partial charge in [0.05, 0.1) is 12.6 Å². The molecule has 1 saturated heterocycles. The molecule has 1 fully saturated rings. The molecule has 2 heterocycles. The molecule has 0 radical (unpaired) electrons. The van der Waals surface area contributed by atoms with Gasteiger partial charge in [-0.2, -0.15) is 0 Å². The molecule has 5 nitrogen and oxygen atoms in total. The van der Waals surface area contributed by atoms with Crippen molar-refractivity contribution in [1.29, 1.82) is 0 Å². The summed E-state index contributed by atoms with van der Waals surface area (Å²) in [5, 5.41) is 3.40. The van der Waals surface area contributed by atoms with Gasteiger partial charge in [-0.15, -0.1) is 0 Å². The first-order valence-electron chi connectivity index (χ1n) is 9.49. The first kappa shape index (κ1) is 19.5. The van der Waals surface area contributed by atoms with Crippen molar-refractivity contribution in [3.05, 3.63) is 65.7 Å². The van der Waals surface area contributed by atoms with Gasteiger partial charge in [0, 0.05) is 44.6 Å². The third-order valence-electron chi connectivity index (χ3n) is 5.24. The Morgan fingerprint density at radius 3 is 2.81 bits per heavy atom. The summed E-state index contributed by atoms with van der Waals surface area (Å²) in [6, 6.07) is 10.4. The highest BCUT2D eigenvalue weighted by atomic mass is 19.1. The van der Waals surface area contributed by atoms with Crippen molar-refractivity contribution in [3.8, 4) is 0 Å². The van der Waals surface area contributed by atoms with E-state index in [0.717, 1.165) is 30.8 Å². The summed E-state index contributed by atoms with van der Waals surface area (Å²) in [6.45, 7) is 7.43. The monoisotopic (exact) mass is 370 g/mol. The van der Waals surface area contributed by atoms with Crippen LogP contribution >= 0.6 is 0 Å². The van der Waals surface area contributed by atoms with Crippen molar-refractivity contribution in [3.63, 3.8) is 0 Å². The maximum absolute atomic E-state index is 13.2. The van der Waals surface area contributed by atoms with Crippen LogP contribution in [0.4, 0.5) is 4.39 Å². The van der Waals surface area contributed by atoms with Gasteiger partial charge in [-0.05, 0) is 43.2 Å². The molecule has 1 amide bonds. The van der Waals surface area contributed by atoms with E-state index in [4.69, 9.17) is 0 Å². The average Bonchev–Trinajstić information content (AvgIpc) is 2.70. The Labute approximate surface area is 160 Å². The molecule has 1 aromatic heterocycles. The van der Waals surface area contributed by atoms with Gasteiger partial charge in [-0.3, -0.25) is 14.7 Å². The van der Waals surface area contributed by atoms with Gasteiger partial charge in [-0.25, -0.2) is 4.39 Å². The van der Waals surface area contributed by atoms with E-state index >= 15 is 0 Å². The van der Waals surface area contributed by atoms with Crippen molar-refractivity contribution in [2.45, 2.75) is 25.9 Å². The van der Waals surface area contributed by atoms with Gasteiger partial charge in [0.15, 0.2) is 0 Å². The first-order valence-corrected chi connectivity index (χ1v) is 9.49. The topological polar surface area (TPSA) is 48.5 Å². The van der Waals surface area contributed by atoms with Crippen molar-refractivity contribution in [2.75, 3.05) is 32.7 Å². The fraction of sp³-hybridized carbons (Fsp3) is 0.429. The summed E-state index contributed by atoms with van der Waals surface area (Å²) in [7, 11) is 0. The van der Waals surface area contributed by atoms with Gasteiger partial charge in [0.2, 0.25) is 5.91 Å². The van der Waals surface area contributed by atoms with Crippen LogP contribution in [0.1, 0.15) is 37.1 Å². The molecule has 2 atom stereocenters. The minimum Gasteiger partial charge on any atom is -0.335 e. The number of nitrogens with one attached hydrogen (secondary N) is 1. The van der Waals surface area contributed by atoms with E-state index in [2.05, 4.69) is 21.3 Å². The third-order valence-corrected chi connectivity index (χ3v) is 5.24. The highest BCUT2D eigenvalue weighted by Crippen LogP contribution is 2.24. The molecule has 0 saturated carbocycles. The number of hydrogen-bond acceptors (Lipinski definition) is 4. The highest BCUT2D eigenvalue weighted by Gasteiger charge is 2.28. The number of halogens is 1. The van der Waals surface area contributed by atoms with E-state index in [0.29, 0.717) is 13.1 Å². The minimum absolute atomic E-state index is 0.0881. The molecule has 6 heteroatoms. The summed E-state index contributed by atoms with van der Waals surface area (Å²) >= 11 is 0. The number of piperazine rings is 1. The maximum Gasteiger partial charge on any atom is 0.237 e. The Balaban J connectivity index is 1.72. The number of amides is 1. The Bertz CT molecular complexity index is 738. The Morgan fingerprint density at radius 2 is 2.15 bits per heavy atom. The lowest BCUT2D eigenvalue weighted by atomic mass is 10.0. The lowest BCUT2D eigenvalue weighted by Gasteiger charge is -2.38. The van der Waals surface area contributed by atoms with Gasteiger partial charge in [0.1, 0.15) is 5.82 Å². The zero-order valence-electron chi connectivity index (χ0n) is 15.9. The molecular weight excluding hydrogens is 343 g/mol. The third kappa shape index (κ3) is 4.70. The maximum atomic E-state index is 13.2. The quantitative estimate of drug-likeness (QED) is 0.850. The van der Waals surface area contributed by atoms with Crippen LogP contribution in [0.3, 0.4) is 0 Å². The minimum atomic E-state index is -0.263. The van der Waals surface area contributed by atoms with Crippen LogP contribution in [0, 0.1) is 5.82 Å². The lowest BCUT2D eigenvalue weighted by Crippen LogP contribution is -2.50. The predicted octanol–water partition coefficient (Wildman–Crippen LogP) is 2.78. The molecule has 27 heavy (non-hydrogen) atoms. The van der Waals surface area contributed by atoms with Gasteiger partial charge < -0.3 is 10.2 Å². The molecule has 0 bridgehead atoms. The molecule has 1 aliphatic heterocycles. The number of carbonyl (C=O) groups excluding carboxylic acids is 1. The van der Waals surface area contributed by atoms with Crippen molar-refractivity contribution >= 4 is 5.91 Å². The van der Waals surface area contributed by atoms with Crippen LogP contribution in [-0.2, 0) is 4.79 Å². The van der Waals surface area contributed by atoms with E-state index < -0.39 is 0 Å². The summed E-state index contributed by atoms with van der Waals surface area (Å²) < 4.78 is 13.2. The molecule has 144 valence electrons. The molecule has 1 aliphatic rings. The number of benzene rings is 1. The molecule has 2 unspecified atom stereocenters. The molecular formula is C21H27FN4O. The summed E-state index contributed by atoms with van der Waals surface area (Å²) in [6.07, 6.45) is 3.63. The predicted molar refractivity (Wildman–Crippen MR) is 104 cm³/mol. The number of pyridine rings is 1. The normalized spacial score (nSPS) is 18.9. The Morgan fingerprint density at radius 1 is 1.37 bits per heavy atom. The van der Waals surface area contributed by atoms with E-state index in [9.17, 15) is 9.18 Å². The van der Waals surface area contributed by atoms with Crippen LogP contribution in [0.2, 0.25) is 0 Å². The number of carbonyl (C=O) groups is 1. The lowest BCUT2D eigenvalue weighted by molar-refractivity contribution is -0.135. The van der Waals surface area contributed by atoms with Gasteiger partial charge in [0.25, 0.3) is 0 Å². The van der Waals surface area contributed by atoms with E-state index in [-0.39, 0.29) is 23.8 Å². The zero-order valence-corrected chi connectivity index (χ0v) is 15.9. The summed E-state index contributed by atoms with van der Waals surface area (Å²) in [5.74, 6) is -0.175. The van der Waals surface area contributed by atoms with Crippen LogP contribution in [0.5, 0.6) is 0 Å². The van der Waals surface area contributed by atoms with Crippen molar-refractivity contribution < 1.29 is 9.18 Å². The van der Waals surface area contributed by atoms with E-state index in [1.54, 1.807) is 18.3 Å². The molecule has 3 rings (SSSR count). The van der Waals surface area contributed by atoms with Crippen LogP contribution in [0.25, 0.3) is 0 Å². The Kier molecular flexibility index (Phi) is 6.53. The fourth-order valence-corrected chi connectivity index (χ4v) is 3.69. The molecule has 0 spiro atoms. The van der Waals surface area contributed by atoms with Crippen LogP contribution in [0.15, 0.2) is 48.8 Å². The number of nitrogens with zero attached hydrogens (tertiary/aromatic N) is 3. The Hall–Kier alpha value is -2.31. The largest absolute Gasteiger partial charge is 0.335 e. The first-order chi connectivity index (χ1) is 13.1. The molecule has 1 aromatic carbocycles. The number of likely N-dealkylation sites (N-methyl/N-ethyl adjacent to an activating group) is 1. The van der Waals surface area contributed by atoms with Crippen molar-refractivity contribution in [1.82, 2.24) is 20.1 Å². The van der Waals surface area contributed by atoms with Crippen LogP contribution < -0.4 is 5.32 Å². The summed E-state index contributed by atoms with van der Waals surface area (Å²) in [5.41, 5.74) is 2.06. The summed E-state index contributed by atoms with van der Waals surface area (Å²) in [4.78, 5) is 21.4. The molecule has 2 aromatic rings. The smallest absolute Gasteiger partial charge is 0.237 e. The second-order valence-electron chi connectivity index (χ2n) is 6.88. The highest BCUT2D eigenvalue weighted by molar-refractivity contribution is 5.78. The van der Waals surface area contributed by atoms with Crippen LogP contribution in [-0.4, -0.2) is 53.4 Å². The fourth-order valence-electron chi connectivity index (χ4n) is 3.69. The van der Waals surface area contributed by atoms with Gasteiger partial charge in [-0.1, -0.05) is 18.2 Å². The van der Waals surface area contributed by atoms with Crippen molar-refractivity contribution in [2.24, 2.45) is 0 Å². The molecule has 1 N–H and O–H groups in total. The zero-order chi connectivity index (χ0) is 19.2. The van der Waals surface area contributed by atoms with E-state index in [1.807, 2.05) is 31.0 Å². The standard InChI is InChI=1S/C21H27FN4O/c1-3-26(16(2)17-6-8-19(22)9-7-17)21(27)15-25-12-11-24-14-20(25)18-5-4-10-23-13-18/h4-10,13,16,20,24H,3,11-12,14-15H2,1-2H3. The second-order valence-corrected chi connectivity index (χ2v) is 6.88. The number of hydrogen-bond donors (Lipinski definition) is 1. The number of aromatic nitrogens is 1. The SMILES string of the molecule is CCN(C(=O)CN1CCNCC1c1cccnc1)C(C)c1ccc(F)cc1. The molecule has 0 aliphatic carbocycles. The second kappa shape index (κ2) is 9.06. The van der Waals surface area contributed by atoms with E-state index in [1.165, 1.54) is 12.1 Å². The average molecular weight is 370 g/mol.